The largest absolute Gasteiger partial charge is 0.492 e. The van der Waals surface area contributed by atoms with E-state index in [0.717, 1.165) is 40.3 Å². The number of halogens is 1. The van der Waals surface area contributed by atoms with Gasteiger partial charge in [0, 0.05) is 12.6 Å². The summed E-state index contributed by atoms with van der Waals surface area (Å²) in [5.74, 6) is 4.62. The fourth-order valence-corrected chi connectivity index (χ4v) is 7.03. The second kappa shape index (κ2) is 7.35. The molecule has 4 saturated carbocycles. The Morgan fingerprint density at radius 3 is 2.31 bits per heavy atom. The molecule has 0 unspecified atom stereocenters. The number of hydrogen-bond donors (Lipinski definition) is 1. The van der Waals surface area contributed by atoms with Crippen molar-refractivity contribution in [1.29, 1.82) is 0 Å². The maximum Gasteiger partial charge on any atom is 0.174 e. The monoisotopic (exact) mass is 421 g/mol. The van der Waals surface area contributed by atoms with Gasteiger partial charge in [0.1, 0.15) is 0 Å². The molecule has 4 bridgehead atoms. The van der Waals surface area contributed by atoms with Crippen molar-refractivity contribution in [3.05, 3.63) is 22.2 Å². The van der Waals surface area contributed by atoms with Gasteiger partial charge in [-0.15, -0.1) is 0 Å². The summed E-state index contributed by atoms with van der Waals surface area (Å²) in [4.78, 5) is 0. The summed E-state index contributed by atoms with van der Waals surface area (Å²) < 4.78 is 12.2. The first-order valence-corrected chi connectivity index (χ1v) is 11.0. The average Bonchev–Trinajstić information content (AvgIpc) is 2.58. The molecule has 4 fully saturated rings. The van der Waals surface area contributed by atoms with Crippen molar-refractivity contribution >= 4 is 15.9 Å². The molecule has 0 aliphatic heterocycles. The molecule has 4 aliphatic carbocycles. The number of hydrogen-bond acceptors (Lipinski definition) is 3. The van der Waals surface area contributed by atoms with Crippen molar-refractivity contribution in [2.45, 2.75) is 65.0 Å². The van der Waals surface area contributed by atoms with E-state index in [9.17, 15) is 0 Å². The van der Waals surface area contributed by atoms with E-state index < -0.39 is 0 Å². The molecule has 1 aromatic carbocycles. The van der Waals surface area contributed by atoms with Crippen molar-refractivity contribution < 1.29 is 9.47 Å². The Morgan fingerprint density at radius 2 is 1.77 bits per heavy atom. The van der Waals surface area contributed by atoms with Gasteiger partial charge in [0.05, 0.1) is 18.2 Å². The third-order valence-electron chi connectivity index (χ3n) is 7.19. The third-order valence-corrected chi connectivity index (χ3v) is 7.78. The highest BCUT2D eigenvalue weighted by atomic mass is 79.9. The Morgan fingerprint density at radius 1 is 1.15 bits per heavy atom. The van der Waals surface area contributed by atoms with E-state index in [-0.39, 0.29) is 0 Å². The SMILES string of the molecule is CCOc1cc(CN[C@H](C)C23CC4CC(CC(C4)C2)C3)cc(Br)c1OC. The van der Waals surface area contributed by atoms with Crippen molar-refractivity contribution in [3.63, 3.8) is 0 Å². The topological polar surface area (TPSA) is 30.5 Å². The molecule has 144 valence electrons. The van der Waals surface area contributed by atoms with E-state index >= 15 is 0 Å². The van der Waals surface area contributed by atoms with Crippen LogP contribution in [0, 0.1) is 23.2 Å². The molecule has 0 saturated heterocycles. The van der Waals surface area contributed by atoms with Gasteiger partial charge in [-0.2, -0.15) is 0 Å². The maximum atomic E-state index is 5.77. The predicted molar refractivity (Wildman–Crippen MR) is 109 cm³/mol. The van der Waals surface area contributed by atoms with Gasteiger partial charge in [0.2, 0.25) is 0 Å². The Hall–Kier alpha value is -0.740. The average molecular weight is 422 g/mol. The van der Waals surface area contributed by atoms with Gasteiger partial charge in [-0.05, 0) is 109 Å². The number of ether oxygens (including phenoxy) is 2. The molecule has 0 heterocycles. The highest BCUT2D eigenvalue weighted by Gasteiger charge is 2.52. The zero-order valence-electron chi connectivity index (χ0n) is 16.3. The molecule has 5 rings (SSSR count). The van der Waals surface area contributed by atoms with Gasteiger partial charge in [0.15, 0.2) is 11.5 Å². The summed E-state index contributed by atoms with van der Waals surface area (Å²) in [5.41, 5.74) is 1.79. The van der Waals surface area contributed by atoms with E-state index in [1.165, 1.54) is 44.1 Å². The van der Waals surface area contributed by atoms with Crippen LogP contribution in [0.3, 0.4) is 0 Å². The quantitative estimate of drug-likeness (QED) is 0.625. The number of benzene rings is 1. The number of rotatable bonds is 7. The summed E-state index contributed by atoms with van der Waals surface area (Å²) >= 11 is 3.63. The minimum Gasteiger partial charge on any atom is -0.492 e. The van der Waals surface area contributed by atoms with Crippen molar-refractivity contribution in [2.24, 2.45) is 23.2 Å². The van der Waals surface area contributed by atoms with Crippen LogP contribution in [0.1, 0.15) is 57.9 Å². The van der Waals surface area contributed by atoms with Gasteiger partial charge in [-0.1, -0.05) is 0 Å². The molecule has 3 nitrogen and oxygen atoms in total. The van der Waals surface area contributed by atoms with Crippen LogP contribution in [-0.2, 0) is 6.54 Å². The first kappa shape index (κ1) is 18.6. The van der Waals surface area contributed by atoms with E-state index in [1.807, 2.05) is 6.92 Å². The molecule has 0 radical (unpaired) electrons. The van der Waals surface area contributed by atoms with E-state index in [4.69, 9.17) is 9.47 Å². The predicted octanol–water partition coefficient (Wildman–Crippen LogP) is 5.55. The highest BCUT2D eigenvalue weighted by molar-refractivity contribution is 9.10. The summed E-state index contributed by atoms with van der Waals surface area (Å²) in [7, 11) is 1.69. The molecule has 1 N–H and O–H groups in total. The molecule has 0 aromatic heterocycles. The number of nitrogens with one attached hydrogen (secondary N) is 1. The standard InChI is InChI=1S/C22H32BrNO2/c1-4-26-20-9-18(8-19(23)21(20)25-3)13-24-14(2)22-10-15-5-16(11-22)7-17(6-15)12-22/h8-9,14-17,24H,4-7,10-13H2,1-3H3/t14-,15?,16?,17?,22?/m1/s1. The van der Waals surface area contributed by atoms with Crippen LogP contribution in [0.4, 0.5) is 0 Å². The fourth-order valence-electron chi connectivity index (χ4n) is 6.38. The molecule has 1 atom stereocenters. The summed E-state index contributed by atoms with van der Waals surface area (Å²) in [6.45, 7) is 5.96. The van der Waals surface area contributed by atoms with E-state index in [0.29, 0.717) is 18.1 Å². The van der Waals surface area contributed by atoms with Crippen LogP contribution < -0.4 is 14.8 Å². The van der Waals surface area contributed by atoms with Crippen LogP contribution >= 0.6 is 15.9 Å². The summed E-state index contributed by atoms with van der Waals surface area (Å²) in [6.07, 6.45) is 8.87. The molecular formula is C22H32BrNO2. The smallest absolute Gasteiger partial charge is 0.174 e. The van der Waals surface area contributed by atoms with Crippen LogP contribution in [-0.4, -0.2) is 19.8 Å². The fraction of sp³-hybridized carbons (Fsp3) is 0.727. The Labute approximate surface area is 166 Å². The Kier molecular flexibility index (Phi) is 5.26. The molecule has 4 aliphatic rings. The van der Waals surface area contributed by atoms with Gasteiger partial charge >= 0.3 is 0 Å². The summed E-state index contributed by atoms with van der Waals surface area (Å²) in [5, 5.41) is 3.87. The molecule has 0 amide bonds. The van der Waals surface area contributed by atoms with E-state index in [1.54, 1.807) is 7.11 Å². The zero-order chi connectivity index (χ0) is 18.3. The van der Waals surface area contributed by atoms with Gasteiger partial charge in [-0.25, -0.2) is 0 Å². The van der Waals surface area contributed by atoms with Crippen LogP contribution in [0.15, 0.2) is 16.6 Å². The van der Waals surface area contributed by atoms with Crippen LogP contribution in [0.2, 0.25) is 0 Å². The second-order valence-electron chi connectivity index (χ2n) is 8.92. The molecule has 1 aromatic rings. The van der Waals surface area contributed by atoms with Crippen molar-refractivity contribution in [2.75, 3.05) is 13.7 Å². The Bertz CT molecular complexity index is 625. The molecule has 4 heteroatoms. The normalized spacial score (nSPS) is 33.3. The second-order valence-corrected chi connectivity index (χ2v) is 9.78. The van der Waals surface area contributed by atoms with Crippen LogP contribution in [0.25, 0.3) is 0 Å². The summed E-state index contributed by atoms with van der Waals surface area (Å²) in [6, 6.07) is 4.85. The Balaban J connectivity index is 1.45. The van der Waals surface area contributed by atoms with Gasteiger partial charge in [0.25, 0.3) is 0 Å². The minimum atomic E-state index is 0.543. The first-order chi connectivity index (χ1) is 12.5. The molecule has 26 heavy (non-hydrogen) atoms. The minimum absolute atomic E-state index is 0.543. The van der Waals surface area contributed by atoms with Gasteiger partial charge in [-0.3, -0.25) is 0 Å². The van der Waals surface area contributed by atoms with Gasteiger partial charge < -0.3 is 14.8 Å². The lowest BCUT2D eigenvalue weighted by Gasteiger charge is -2.59. The van der Waals surface area contributed by atoms with Crippen LogP contribution in [0.5, 0.6) is 11.5 Å². The lowest BCUT2D eigenvalue weighted by molar-refractivity contribution is -0.0706. The molecular weight excluding hydrogens is 390 g/mol. The lowest BCUT2D eigenvalue weighted by Crippen LogP contribution is -2.54. The third kappa shape index (κ3) is 3.40. The zero-order valence-corrected chi connectivity index (χ0v) is 17.9. The molecule has 0 spiro atoms. The first-order valence-electron chi connectivity index (χ1n) is 10.3. The maximum absolute atomic E-state index is 5.77. The van der Waals surface area contributed by atoms with E-state index in [2.05, 4.69) is 40.3 Å². The lowest BCUT2D eigenvalue weighted by atomic mass is 9.48. The number of methoxy groups -OCH3 is 1. The highest BCUT2D eigenvalue weighted by Crippen LogP contribution is 2.61. The van der Waals surface area contributed by atoms with Crippen molar-refractivity contribution in [1.82, 2.24) is 5.32 Å². The van der Waals surface area contributed by atoms with Crippen molar-refractivity contribution in [3.8, 4) is 11.5 Å².